The van der Waals surface area contributed by atoms with E-state index in [1.165, 1.54) is 24.8 Å². The molecule has 98 valence electrons. The molecule has 1 fully saturated rings. The Morgan fingerprint density at radius 3 is 2.44 bits per heavy atom. The summed E-state index contributed by atoms with van der Waals surface area (Å²) in [6.07, 6.45) is 5.84. The molecule has 3 heteroatoms. The van der Waals surface area contributed by atoms with Crippen molar-refractivity contribution in [3.63, 3.8) is 0 Å². The minimum absolute atomic E-state index is 0.0614. The Morgan fingerprint density at radius 2 is 1.72 bits per heavy atom. The summed E-state index contributed by atoms with van der Waals surface area (Å²) in [6.45, 7) is 1.46. The van der Waals surface area contributed by atoms with Crippen LogP contribution in [0, 0.1) is 0 Å². The topological polar surface area (TPSA) is 38.7 Å². The van der Waals surface area contributed by atoms with Gasteiger partial charge < -0.3 is 14.6 Å². The quantitative estimate of drug-likeness (QED) is 0.874. The van der Waals surface area contributed by atoms with Gasteiger partial charge >= 0.3 is 0 Å². The van der Waals surface area contributed by atoms with E-state index in [0.29, 0.717) is 13.2 Å². The van der Waals surface area contributed by atoms with Crippen molar-refractivity contribution in [1.29, 1.82) is 0 Å². The normalized spacial score (nSPS) is 21.6. The lowest BCUT2D eigenvalue weighted by Gasteiger charge is -2.36. The first-order valence-electron chi connectivity index (χ1n) is 6.85. The van der Waals surface area contributed by atoms with Gasteiger partial charge in [0.2, 0.25) is 0 Å². The Bertz CT molecular complexity index is 422. The first-order valence-corrected chi connectivity index (χ1v) is 6.85. The van der Waals surface area contributed by atoms with Gasteiger partial charge in [0, 0.05) is 5.41 Å². The highest BCUT2D eigenvalue weighted by molar-refractivity contribution is 5.46. The van der Waals surface area contributed by atoms with E-state index in [4.69, 9.17) is 9.47 Å². The number of aliphatic hydroxyl groups excluding tert-OH is 1. The van der Waals surface area contributed by atoms with Crippen LogP contribution in [0.3, 0.4) is 0 Å². The summed E-state index contributed by atoms with van der Waals surface area (Å²) in [5.41, 5.74) is 1.14. The van der Waals surface area contributed by atoms with Crippen molar-refractivity contribution >= 4 is 0 Å². The molecule has 0 aromatic heterocycles. The SMILES string of the molecule is OCC1(c2ccc3c(c2)OCCO3)CCCCC1. The predicted molar refractivity (Wildman–Crippen MR) is 69.3 cm³/mol. The molecular weight excluding hydrogens is 228 g/mol. The fourth-order valence-corrected chi connectivity index (χ4v) is 3.14. The molecule has 3 nitrogen and oxygen atoms in total. The van der Waals surface area contributed by atoms with Crippen LogP contribution in [0.5, 0.6) is 11.5 Å². The van der Waals surface area contributed by atoms with Gasteiger partial charge in [-0.25, -0.2) is 0 Å². The number of aliphatic hydroxyl groups is 1. The van der Waals surface area contributed by atoms with Crippen LogP contribution in [-0.4, -0.2) is 24.9 Å². The Labute approximate surface area is 108 Å². The second-order valence-corrected chi connectivity index (χ2v) is 5.36. The van der Waals surface area contributed by atoms with Crippen molar-refractivity contribution in [2.24, 2.45) is 0 Å². The highest BCUT2D eigenvalue weighted by atomic mass is 16.6. The maximum Gasteiger partial charge on any atom is 0.161 e. The van der Waals surface area contributed by atoms with Crippen molar-refractivity contribution in [3.05, 3.63) is 23.8 Å². The molecule has 18 heavy (non-hydrogen) atoms. The molecule has 3 rings (SSSR count). The summed E-state index contributed by atoms with van der Waals surface area (Å²) in [7, 11) is 0. The van der Waals surface area contributed by atoms with Gasteiger partial charge in [-0.1, -0.05) is 25.3 Å². The van der Waals surface area contributed by atoms with Gasteiger partial charge in [0.1, 0.15) is 13.2 Å². The van der Waals surface area contributed by atoms with Gasteiger partial charge in [-0.05, 0) is 30.5 Å². The Morgan fingerprint density at radius 1 is 1.00 bits per heavy atom. The molecule has 1 aliphatic carbocycles. The van der Waals surface area contributed by atoms with E-state index in [9.17, 15) is 5.11 Å². The van der Waals surface area contributed by atoms with E-state index in [1.54, 1.807) is 0 Å². The van der Waals surface area contributed by atoms with Gasteiger partial charge in [0.15, 0.2) is 11.5 Å². The van der Waals surface area contributed by atoms with Crippen LogP contribution in [0.2, 0.25) is 0 Å². The van der Waals surface area contributed by atoms with E-state index in [2.05, 4.69) is 12.1 Å². The molecule has 1 aromatic carbocycles. The van der Waals surface area contributed by atoms with Crippen molar-refractivity contribution in [3.8, 4) is 11.5 Å². The molecule has 1 aromatic rings. The molecule has 1 N–H and O–H groups in total. The highest BCUT2D eigenvalue weighted by Gasteiger charge is 2.34. The van der Waals surface area contributed by atoms with Crippen LogP contribution in [0.4, 0.5) is 0 Å². The van der Waals surface area contributed by atoms with E-state index in [0.717, 1.165) is 24.3 Å². The predicted octanol–water partition coefficient (Wildman–Crippen LogP) is 2.65. The lowest BCUT2D eigenvalue weighted by molar-refractivity contribution is 0.148. The van der Waals surface area contributed by atoms with Crippen molar-refractivity contribution < 1.29 is 14.6 Å². The lowest BCUT2D eigenvalue weighted by Crippen LogP contribution is -2.33. The second-order valence-electron chi connectivity index (χ2n) is 5.36. The van der Waals surface area contributed by atoms with Crippen molar-refractivity contribution in [2.45, 2.75) is 37.5 Å². The first-order chi connectivity index (χ1) is 8.84. The molecule has 1 heterocycles. The van der Waals surface area contributed by atoms with Crippen molar-refractivity contribution in [2.75, 3.05) is 19.8 Å². The molecule has 0 amide bonds. The largest absolute Gasteiger partial charge is 0.486 e. The molecule has 0 spiro atoms. The van der Waals surface area contributed by atoms with Gasteiger partial charge in [-0.2, -0.15) is 0 Å². The van der Waals surface area contributed by atoms with Crippen molar-refractivity contribution in [1.82, 2.24) is 0 Å². The molecule has 0 unspecified atom stereocenters. The maximum absolute atomic E-state index is 9.83. The fraction of sp³-hybridized carbons (Fsp3) is 0.600. The zero-order chi connectivity index (χ0) is 12.4. The molecule has 2 aliphatic rings. The Balaban J connectivity index is 1.94. The number of hydrogen-bond acceptors (Lipinski definition) is 3. The average Bonchev–Trinajstić information content (AvgIpc) is 2.47. The lowest BCUT2D eigenvalue weighted by atomic mass is 9.70. The van der Waals surface area contributed by atoms with Crippen LogP contribution in [0.25, 0.3) is 0 Å². The maximum atomic E-state index is 9.83. The van der Waals surface area contributed by atoms with E-state index < -0.39 is 0 Å². The molecule has 1 saturated carbocycles. The Hall–Kier alpha value is -1.22. The van der Waals surface area contributed by atoms with Gasteiger partial charge in [0.05, 0.1) is 6.61 Å². The molecule has 0 atom stereocenters. The number of fused-ring (bicyclic) bond motifs is 1. The molecule has 0 saturated heterocycles. The van der Waals surface area contributed by atoms with E-state index in [1.807, 2.05) is 6.07 Å². The summed E-state index contributed by atoms with van der Waals surface area (Å²) in [5, 5.41) is 9.83. The number of rotatable bonds is 2. The summed E-state index contributed by atoms with van der Waals surface area (Å²) < 4.78 is 11.2. The van der Waals surface area contributed by atoms with Crippen LogP contribution in [0.1, 0.15) is 37.7 Å². The number of benzene rings is 1. The average molecular weight is 248 g/mol. The number of hydrogen-bond donors (Lipinski definition) is 1. The molecular formula is C15H20O3. The van der Waals surface area contributed by atoms with Crippen LogP contribution in [0.15, 0.2) is 18.2 Å². The highest BCUT2D eigenvalue weighted by Crippen LogP contribution is 2.42. The summed E-state index contributed by atoms with van der Waals surface area (Å²) in [6, 6.07) is 6.14. The monoisotopic (exact) mass is 248 g/mol. The minimum atomic E-state index is -0.0614. The summed E-state index contributed by atoms with van der Waals surface area (Å²) in [4.78, 5) is 0. The van der Waals surface area contributed by atoms with E-state index in [-0.39, 0.29) is 12.0 Å². The van der Waals surface area contributed by atoms with Crippen LogP contribution >= 0.6 is 0 Å². The van der Waals surface area contributed by atoms with Crippen LogP contribution in [-0.2, 0) is 5.41 Å². The molecule has 0 bridgehead atoms. The molecule has 0 radical (unpaired) electrons. The zero-order valence-electron chi connectivity index (χ0n) is 10.7. The van der Waals surface area contributed by atoms with Gasteiger partial charge in [-0.15, -0.1) is 0 Å². The standard InChI is InChI=1S/C15H20O3/c16-11-15(6-2-1-3-7-15)12-4-5-13-14(10-12)18-9-8-17-13/h4-5,10,16H,1-3,6-9,11H2. The molecule has 1 aliphatic heterocycles. The van der Waals surface area contributed by atoms with Gasteiger partial charge in [-0.3, -0.25) is 0 Å². The smallest absolute Gasteiger partial charge is 0.161 e. The number of ether oxygens (including phenoxy) is 2. The zero-order valence-corrected chi connectivity index (χ0v) is 10.7. The fourth-order valence-electron chi connectivity index (χ4n) is 3.14. The first kappa shape index (κ1) is 11.8. The van der Waals surface area contributed by atoms with E-state index >= 15 is 0 Å². The third-order valence-corrected chi connectivity index (χ3v) is 4.27. The second kappa shape index (κ2) is 4.81. The van der Waals surface area contributed by atoms with Gasteiger partial charge in [0.25, 0.3) is 0 Å². The third kappa shape index (κ3) is 1.97. The summed E-state index contributed by atoms with van der Waals surface area (Å²) in [5.74, 6) is 1.66. The minimum Gasteiger partial charge on any atom is -0.486 e. The van der Waals surface area contributed by atoms with Crippen LogP contribution < -0.4 is 9.47 Å². The Kier molecular flexibility index (Phi) is 3.16. The third-order valence-electron chi connectivity index (χ3n) is 4.27. The summed E-state index contributed by atoms with van der Waals surface area (Å²) >= 11 is 0.